The molecule has 1 N–H and O–H groups in total. The van der Waals surface area contributed by atoms with Gasteiger partial charge in [0.2, 0.25) is 0 Å². The molecule has 0 aliphatic rings. The van der Waals surface area contributed by atoms with Crippen molar-refractivity contribution in [3.8, 4) is 5.75 Å². The Morgan fingerprint density at radius 2 is 1.67 bits per heavy atom. The molecule has 0 unspecified atom stereocenters. The van der Waals surface area contributed by atoms with E-state index in [0.717, 1.165) is 11.6 Å². The van der Waals surface area contributed by atoms with Gasteiger partial charge in [-0.2, -0.15) is 0 Å². The molecule has 3 aromatic rings. The number of amides is 1. The van der Waals surface area contributed by atoms with E-state index in [1.807, 2.05) is 30.3 Å². The number of esters is 1. The Bertz CT molecular complexity index is 1040. The number of halogens is 3. The topological polar surface area (TPSA) is 64.6 Å². The van der Waals surface area contributed by atoms with Gasteiger partial charge in [-0.3, -0.25) is 4.79 Å². The molecule has 0 radical (unpaired) electrons. The molecule has 0 spiro atoms. The van der Waals surface area contributed by atoms with Gasteiger partial charge < -0.3 is 14.8 Å². The van der Waals surface area contributed by atoms with E-state index in [2.05, 4.69) is 21.2 Å². The molecule has 0 atom stereocenters. The van der Waals surface area contributed by atoms with Crippen LogP contribution in [0.5, 0.6) is 5.75 Å². The minimum absolute atomic E-state index is 0.0272. The third kappa shape index (κ3) is 5.64. The molecule has 0 aliphatic heterocycles. The number of para-hydroxylation sites is 1. The minimum Gasteiger partial charge on any atom is -0.488 e. The predicted octanol–water partition coefficient (Wildman–Crippen LogP) is 5.10. The summed E-state index contributed by atoms with van der Waals surface area (Å²) in [7, 11) is 0. The second kappa shape index (κ2) is 9.98. The van der Waals surface area contributed by atoms with Gasteiger partial charge in [0.1, 0.15) is 23.7 Å². The lowest BCUT2D eigenvalue weighted by molar-refractivity contribution is -0.119. The van der Waals surface area contributed by atoms with Gasteiger partial charge >= 0.3 is 5.97 Å². The Balaban J connectivity index is 1.60. The summed E-state index contributed by atoms with van der Waals surface area (Å²) in [5.74, 6) is -3.00. The first-order chi connectivity index (χ1) is 14.4. The zero-order chi connectivity index (χ0) is 21.5. The maximum Gasteiger partial charge on any atom is 0.342 e. The zero-order valence-electron chi connectivity index (χ0n) is 15.5. The van der Waals surface area contributed by atoms with Gasteiger partial charge in [0.25, 0.3) is 5.91 Å². The van der Waals surface area contributed by atoms with E-state index in [9.17, 15) is 18.4 Å². The first kappa shape index (κ1) is 21.4. The molecular formula is C22H16BrF2NO4. The normalized spacial score (nSPS) is 10.4. The molecule has 0 saturated carbocycles. The van der Waals surface area contributed by atoms with E-state index in [4.69, 9.17) is 9.47 Å². The summed E-state index contributed by atoms with van der Waals surface area (Å²) in [4.78, 5) is 24.4. The van der Waals surface area contributed by atoms with Crippen molar-refractivity contribution in [3.05, 3.63) is 94.0 Å². The molecule has 0 bridgehead atoms. The highest BCUT2D eigenvalue weighted by molar-refractivity contribution is 9.10. The minimum atomic E-state index is -0.957. The monoisotopic (exact) mass is 475 g/mol. The third-order valence-corrected chi connectivity index (χ3v) is 4.58. The number of rotatable bonds is 7. The Morgan fingerprint density at radius 3 is 2.40 bits per heavy atom. The zero-order valence-corrected chi connectivity index (χ0v) is 17.1. The molecule has 0 fully saturated rings. The number of carbonyl (C=O) groups is 2. The third-order valence-electron chi connectivity index (χ3n) is 3.95. The lowest BCUT2D eigenvalue weighted by Crippen LogP contribution is -2.22. The molecule has 0 aromatic heterocycles. The van der Waals surface area contributed by atoms with Crippen LogP contribution in [-0.4, -0.2) is 18.5 Å². The van der Waals surface area contributed by atoms with Crippen LogP contribution in [0.25, 0.3) is 0 Å². The molecule has 3 rings (SSSR count). The number of hydrogen-bond donors (Lipinski definition) is 1. The Kier molecular flexibility index (Phi) is 7.13. The highest BCUT2D eigenvalue weighted by atomic mass is 79.9. The van der Waals surface area contributed by atoms with Crippen LogP contribution in [0.3, 0.4) is 0 Å². The molecule has 5 nitrogen and oxygen atoms in total. The largest absolute Gasteiger partial charge is 0.488 e. The molecule has 154 valence electrons. The van der Waals surface area contributed by atoms with Crippen LogP contribution in [-0.2, 0) is 16.1 Å². The van der Waals surface area contributed by atoms with Crippen molar-refractivity contribution in [1.29, 1.82) is 0 Å². The van der Waals surface area contributed by atoms with Gasteiger partial charge in [-0.05, 0) is 39.7 Å². The smallest absolute Gasteiger partial charge is 0.342 e. The molecule has 30 heavy (non-hydrogen) atoms. The van der Waals surface area contributed by atoms with Gasteiger partial charge in [-0.1, -0.05) is 42.5 Å². The Labute approximate surface area is 179 Å². The number of carbonyl (C=O) groups excluding carboxylic acids is 2. The highest BCUT2D eigenvalue weighted by Gasteiger charge is 2.17. The summed E-state index contributed by atoms with van der Waals surface area (Å²) in [5, 5.41) is 2.24. The molecule has 0 aliphatic carbocycles. The second-order valence-corrected chi connectivity index (χ2v) is 6.99. The number of ether oxygens (including phenoxy) is 2. The number of anilines is 1. The van der Waals surface area contributed by atoms with Crippen LogP contribution in [0.15, 0.2) is 71.2 Å². The van der Waals surface area contributed by atoms with Crippen LogP contribution in [0.4, 0.5) is 14.5 Å². The molecule has 1 amide bonds. The average Bonchev–Trinajstić information content (AvgIpc) is 2.74. The van der Waals surface area contributed by atoms with E-state index in [-0.39, 0.29) is 22.3 Å². The molecule has 0 saturated heterocycles. The lowest BCUT2D eigenvalue weighted by Gasteiger charge is -2.12. The van der Waals surface area contributed by atoms with E-state index < -0.39 is 30.1 Å². The Morgan fingerprint density at radius 1 is 0.967 bits per heavy atom. The van der Waals surface area contributed by atoms with Gasteiger partial charge in [0.15, 0.2) is 12.4 Å². The summed E-state index contributed by atoms with van der Waals surface area (Å²) in [5.41, 5.74) is 0.825. The van der Waals surface area contributed by atoms with E-state index in [1.54, 1.807) is 18.2 Å². The van der Waals surface area contributed by atoms with Crippen molar-refractivity contribution in [2.45, 2.75) is 6.61 Å². The van der Waals surface area contributed by atoms with Crippen LogP contribution >= 0.6 is 15.9 Å². The van der Waals surface area contributed by atoms with Crippen molar-refractivity contribution in [3.63, 3.8) is 0 Å². The first-order valence-corrected chi connectivity index (χ1v) is 9.60. The van der Waals surface area contributed by atoms with Crippen molar-refractivity contribution < 1.29 is 27.8 Å². The van der Waals surface area contributed by atoms with E-state index >= 15 is 0 Å². The summed E-state index contributed by atoms with van der Waals surface area (Å²) >= 11 is 2.97. The van der Waals surface area contributed by atoms with E-state index in [0.29, 0.717) is 11.8 Å². The van der Waals surface area contributed by atoms with Crippen LogP contribution in [0.1, 0.15) is 15.9 Å². The fourth-order valence-corrected chi connectivity index (χ4v) is 3.05. The number of hydrogen-bond acceptors (Lipinski definition) is 4. The van der Waals surface area contributed by atoms with Crippen LogP contribution in [0, 0.1) is 11.6 Å². The fraction of sp³-hybridized carbons (Fsp3) is 0.0909. The highest BCUT2D eigenvalue weighted by Crippen LogP contribution is 2.27. The van der Waals surface area contributed by atoms with Crippen molar-refractivity contribution >= 4 is 33.5 Å². The number of nitrogens with one attached hydrogen (secondary N) is 1. The molecule has 8 heteroatoms. The Hall–Kier alpha value is -3.26. The van der Waals surface area contributed by atoms with Gasteiger partial charge in [-0.15, -0.1) is 0 Å². The average molecular weight is 476 g/mol. The van der Waals surface area contributed by atoms with Crippen molar-refractivity contribution in [1.82, 2.24) is 0 Å². The van der Waals surface area contributed by atoms with E-state index in [1.165, 1.54) is 6.07 Å². The summed E-state index contributed by atoms with van der Waals surface area (Å²) in [6, 6.07) is 17.5. The lowest BCUT2D eigenvalue weighted by atomic mass is 10.2. The van der Waals surface area contributed by atoms with Gasteiger partial charge in [0, 0.05) is 10.5 Å². The van der Waals surface area contributed by atoms with Crippen LogP contribution in [0.2, 0.25) is 0 Å². The maximum absolute atomic E-state index is 13.8. The number of benzene rings is 3. The maximum atomic E-state index is 13.8. The standard InChI is InChI=1S/C22H16BrF2NO4/c23-17-10-15(24)11-18(25)21(17)26-20(27)13-30-22(28)16-8-4-5-9-19(16)29-12-14-6-2-1-3-7-14/h1-11H,12-13H2,(H,26,27). The van der Waals surface area contributed by atoms with Crippen molar-refractivity contribution in [2.75, 3.05) is 11.9 Å². The SMILES string of the molecule is O=C(COC(=O)c1ccccc1OCc1ccccc1)Nc1c(F)cc(F)cc1Br. The van der Waals surface area contributed by atoms with Crippen molar-refractivity contribution in [2.24, 2.45) is 0 Å². The molecule has 3 aromatic carbocycles. The molecular weight excluding hydrogens is 460 g/mol. The summed E-state index contributed by atoms with van der Waals surface area (Å²) in [6.07, 6.45) is 0. The summed E-state index contributed by atoms with van der Waals surface area (Å²) in [6.45, 7) is -0.404. The molecule has 0 heterocycles. The quantitative estimate of drug-likeness (QED) is 0.482. The predicted molar refractivity (Wildman–Crippen MR) is 110 cm³/mol. The first-order valence-electron chi connectivity index (χ1n) is 8.81. The van der Waals surface area contributed by atoms with Gasteiger partial charge in [0.05, 0.1) is 5.69 Å². The fourth-order valence-electron chi connectivity index (χ4n) is 2.54. The van der Waals surface area contributed by atoms with Crippen LogP contribution < -0.4 is 10.1 Å². The van der Waals surface area contributed by atoms with Gasteiger partial charge in [-0.25, -0.2) is 13.6 Å². The summed E-state index contributed by atoms with van der Waals surface area (Å²) < 4.78 is 37.7. The second-order valence-electron chi connectivity index (χ2n) is 6.14.